The van der Waals surface area contributed by atoms with Crippen LogP contribution in [0.2, 0.25) is 0 Å². The van der Waals surface area contributed by atoms with Crippen LogP contribution in [0.3, 0.4) is 0 Å². The first-order chi connectivity index (χ1) is 10.6. The highest BCUT2D eigenvalue weighted by molar-refractivity contribution is 7.89. The van der Waals surface area contributed by atoms with Gasteiger partial charge in [-0.2, -0.15) is 0 Å². The van der Waals surface area contributed by atoms with E-state index in [1.54, 1.807) is 0 Å². The summed E-state index contributed by atoms with van der Waals surface area (Å²) in [6.07, 6.45) is 6.44. The molecule has 4 aliphatic carbocycles. The number of benzene rings is 1. The second kappa shape index (κ2) is 4.57. The molecule has 4 saturated carbocycles. The minimum atomic E-state index is -3.61. The van der Waals surface area contributed by atoms with Crippen LogP contribution in [0.15, 0.2) is 29.2 Å². The van der Waals surface area contributed by atoms with Gasteiger partial charge in [0.1, 0.15) is 5.82 Å². The quantitative estimate of drug-likeness (QED) is 0.910. The van der Waals surface area contributed by atoms with Crippen LogP contribution in [0.1, 0.15) is 52.4 Å². The predicted molar refractivity (Wildman–Crippen MR) is 86.9 cm³/mol. The first kappa shape index (κ1) is 15.6. The lowest BCUT2D eigenvalue weighted by Crippen LogP contribution is -2.65. The molecule has 0 aliphatic heterocycles. The van der Waals surface area contributed by atoms with Crippen LogP contribution in [0.25, 0.3) is 0 Å². The van der Waals surface area contributed by atoms with Crippen molar-refractivity contribution in [3.63, 3.8) is 0 Å². The van der Waals surface area contributed by atoms with Crippen molar-refractivity contribution in [3.05, 3.63) is 30.1 Å². The topological polar surface area (TPSA) is 46.2 Å². The van der Waals surface area contributed by atoms with Gasteiger partial charge in [0, 0.05) is 5.54 Å². The molecule has 0 heterocycles. The van der Waals surface area contributed by atoms with E-state index in [1.807, 2.05) is 0 Å². The molecular weight excluding hydrogens is 313 g/mol. The van der Waals surface area contributed by atoms with Gasteiger partial charge in [-0.25, -0.2) is 17.5 Å². The van der Waals surface area contributed by atoms with Crippen molar-refractivity contribution in [2.45, 2.75) is 62.8 Å². The molecule has 2 atom stereocenters. The maximum absolute atomic E-state index is 13.1. The number of hydrogen-bond donors (Lipinski definition) is 1. The Hall–Kier alpha value is -0.940. The highest BCUT2D eigenvalue weighted by Gasteiger charge is 2.61. The van der Waals surface area contributed by atoms with E-state index in [0.29, 0.717) is 5.92 Å². The van der Waals surface area contributed by atoms with Crippen LogP contribution >= 0.6 is 0 Å². The Morgan fingerprint density at radius 3 is 2.09 bits per heavy atom. The highest BCUT2D eigenvalue weighted by atomic mass is 32.2. The van der Waals surface area contributed by atoms with Crippen LogP contribution < -0.4 is 4.72 Å². The Morgan fingerprint density at radius 2 is 1.57 bits per heavy atom. The molecule has 4 aliphatic rings. The molecule has 0 spiro atoms. The molecule has 2 unspecified atom stereocenters. The molecule has 1 aromatic carbocycles. The summed E-state index contributed by atoms with van der Waals surface area (Å²) >= 11 is 0. The third kappa shape index (κ3) is 2.62. The molecule has 1 N–H and O–H groups in total. The number of sulfonamides is 1. The molecule has 1 aromatic rings. The molecule has 0 radical (unpaired) electrons. The van der Waals surface area contributed by atoms with Gasteiger partial charge in [-0.15, -0.1) is 0 Å². The van der Waals surface area contributed by atoms with Gasteiger partial charge in [0.25, 0.3) is 0 Å². The van der Waals surface area contributed by atoms with E-state index in [0.717, 1.165) is 19.3 Å². The van der Waals surface area contributed by atoms with Crippen molar-refractivity contribution >= 4 is 10.0 Å². The minimum Gasteiger partial charge on any atom is -0.207 e. The smallest absolute Gasteiger partial charge is 0.207 e. The van der Waals surface area contributed by atoms with Crippen LogP contribution in [-0.4, -0.2) is 14.0 Å². The van der Waals surface area contributed by atoms with Gasteiger partial charge in [0.2, 0.25) is 10.0 Å². The van der Waals surface area contributed by atoms with Gasteiger partial charge in [0.15, 0.2) is 0 Å². The number of halogens is 1. The molecule has 3 nitrogen and oxygen atoms in total. The number of nitrogens with one attached hydrogen (secondary N) is 1. The Labute approximate surface area is 137 Å². The fraction of sp³-hybridized carbons (Fsp3) is 0.667. The normalized spacial score (nSPS) is 42.1. The van der Waals surface area contributed by atoms with E-state index in [9.17, 15) is 12.8 Å². The van der Waals surface area contributed by atoms with E-state index in [1.165, 1.54) is 43.5 Å². The van der Waals surface area contributed by atoms with Gasteiger partial charge in [0.05, 0.1) is 4.90 Å². The molecule has 23 heavy (non-hydrogen) atoms. The van der Waals surface area contributed by atoms with Crippen molar-refractivity contribution < 1.29 is 12.8 Å². The zero-order valence-corrected chi connectivity index (χ0v) is 14.5. The summed E-state index contributed by atoms with van der Waals surface area (Å²) in [7, 11) is -3.61. The second-order valence-electron chi connectivity index (χ2n) is 8.97. The van der Waals surface area contributed by atoms with Gasteiger partial charge in [-0.1, -0.05) is 13.8 Å². The fourth-order valence-electron chi connectivity index (χ4n) is 6.52. The summed E-state index contributed by atoms with van der Waals surface area (Å²) in [5, 5.41) is 0. The Kier molecular flexibility index (Phi) is 3.10. The molecule has 0 saturated heterocycles. The lowest BCUT2D eigenvalue weighted by molar-refractivity contribution is -0.110. The predicted octanol–water partition coefficient (Wildman–Crippen LogP) is 3.85. The van der Waals surface area contributed by atoms with E-state index in [4.69, 9.17) is 0 Å². The average molecular weight is 337 g/mol. The van der Waals surface area contributed by atoms with E-state index < -0.39 is 15.8 Å². The molecule has 0 aromatic heterocycles. The summed E-state index contributed by atoms with van der Waals surface area (Å²) in [5.74, 6) is 0.205. The van der Waals surface area contributed by atoms with Gasteiger partial charge >= 0.3 is 0 Å². The SMILES string of the molecule is CC12CC3CC(C)(C1)CC(NS(=O)(=O)c1ccc(F)cc1)(C3)C2. The molecule has 5 heteroatoms. The number of rotatable bonds is 3. The third-order valence-corrected chi connectivity index (χ3v) is 7.70. The summed E-state index contributed by atoms with van der Waals surface area (Å²) in [4.78, 5) is 0.157. The summed E-state index contributed by atoms with van der Waals surface area (Å²) < 4.78 is 41.7. The van der Waals surface area contributed by atoms with Crippen molar-refractivity contribution in [2.24, 2.45) is 16.7 Å². The minimum absolute atomic E-state index is 0.157. The maximum atomic E-state index is 13.1. The van der Waals surface area contributed by atoms with Crippen LogP contribution in [0.4, 0.5) is 4.39 Å². The largest absolute Gasteiger partial charge is 0.241 e. The van der Waals surface area contributed by atoms with Crippen LogP contribution in [0, 0.1) is 22.6 Å². The maximum Gasteiger partial charge on any atom is 0.241 e. The van der Waals surface area contributed by atoms with Gasteiger partial charge < -0.3 is 0 Å². The average Bonchev–Trinajstić information content (AvgIpc) is 2.33. The molecule has 126 valence electrons. The molecule has 5 rings (SSSR count). The highest BCUT2D eigenvalue weighted by Crippen LogP contribution is 2.66. The van der Waals surface area contributed by atoms with Crippen molar-refractivity contribution in [1.82, 2.24) is 4.72 Å². The Balaban J connectivity index is 1.67. The summed E-state index contributed by atoms with van der Waals surface area (Å²) in [5.41, 5.74) is 0.176. The Bertz CT molecular complexity index is 725. The Morgan fingerprint density at radius 1 is 1.00 bits per heavy atom. The van der Waals surface area contributed by atoms with E-state index >= 15 is 0 Å². The summed E-state index contributed by atoms with van der Waals surface area (Å²) in [6.45, 7) is 4.63. The third-order valence-electron chi connectivity index (χ3n) is 6.10. The van der Waals surface area contributed by atoms with E-state index in [-0.39, 0.29) is 21.3 Å². The van der Waals surface area contributed by atoms with E-state index in [2.05, 4.69) is 18.6 Å². The zero-order chi connectivity index (χ0) is 16.5. The molecular formula is C18H24FNO2S. The molecule has 4 fully saturated rings. The number of hydrogen-bond acceptors (Lipinski definition) is 2. The lowest BCUT2D eigenvalue weighted by atomic mass is 9.43. The van der Waals surface area contributed by atoms with Crippen molar-refractivity contribution in [3.8, 4) is 0 Å². The zero-order valence-electron chi connectivity index (χ0n) is 13.7. The first-order valence-corrected chi connectivity index (χ1v) is 9.89. The monoisotopic (exact) mass is 337 g/mol. The van der Waals surface area contributed by atoms with Crippen molar-refractivity contribution in [1.29, 1.82) is 0 Å². The first-order valence-electron chi connectivity index (χ1n) is 8.41. The fourth-order valence-corrected chi connectivity index (χ4v) is 7.93. The van der Waals surface area contributed by atoms with Gasteiger partial charge in [-0.05, 0) is 79.5 Å². The molecule has 4 bridgehead atoms. The standard InChI is InChI=1S/C18H24FNO2S/c1-16-7-13-8-17(2,10-16)12-18(9-13,11-16)20-23(21,22)15-5-3-14(19)4-6-15/h3-6,13,20H,7-12H2,1-2H3. The molecule has 0 amide bonds. The van der Waals surface area contributed by atoms with Gasteiger partial charge in [-0.3, -0.25) is 0 Å². The van der Waals surface area contributed by atoms with Crippen LogP contribution in [0.5, 0.6) is 0 Å². The second-order valence-corrected chi connectivity index (χ2v) is 10.7. The lowest BCUT2D eigenvalue weighted by Gasteiger charge is -2.65. The van der Waals surface area contributed by atoms with Crippen LogP contribution in [-0.2, 0) is 10.0 Å². The summed E-state index contributed by atoms with van der Waals surface area (Å²) in [6, 6.07) is 5.11. The van der Waals surface area contributed by atoms with Crippen molar-refractivity contribution in [2.75, 3.05) is 0 Å².